The van der Waals surface area contributed by atoms with Crippen molar-refractivity contribution in [1.82, 2.24) is 0 Å². The van der Waals surface area contributed by atoms with E-state index in [1.807, 2.05) is 0 Å². The molecular formula is C5H10AuO5. The molecule has 71 valence electrons. The number of aliphatic hydroxyl groups excluding tert-OH is 4. The van der Waals surface area contributed by atoms with Crippen LogP contribution in [0.2, 0.25) is 0 Å². The number of hydrogen-bond donors (Lipinski definition) is 4. The van der Waals surface area contributed by atoms with E-state index < -0.39 is 24.9 Å². The molecule has 0 bridgehead atoms. The van der Waals surface area contributed by atoms with Crippen LogP contribution in [-0.2, 0) is 27.2 Å². The van der Waals surface area contributed by atoms with Crippen molar-refractivity contribution in [3.05, 3.63) is 0 Å². The van der Waals surface area contributed by atoms with Gasteiger partial charge in [-0.3, -0.25) is 0 Å². The van der Waals surface area contributed by atoms with Gasteiger partial charge in [0.25, 0.3) is 0 Å². The number of rotatable bonds is 4. The molecule has 0 aromatic rings. The van der Waals surface area contributed by atoms with Crippen LogP contribution in [0.1, 0.15) is 0 Å². The molecular weight excluding hydrogens is 337 g/mol. The van der Waals surface area contributed by atoms with E-state index in [1.165, 1.54) is 0 Å². The Morgan fingerprint density at radius 1 is 1.27 bits per heavy atom. The second-order valence-corrected chi connectivity index (χ2v) is 1.87. The molecule has 0 aliphatic heterocycles. The van der Waals surface area contributed by atoms with Gasteiger partial charge in [0.05, 0.1) is 6.61 Å². The Morgan fingerprint density at radius 3 is 2.00 bits per heavy atom. The van der Waals surface area contributed by atoms with Crippen LogP contribution < -0.4 is 0 Å². The molecule has 0 heterocycles. The summed E-state index contributed by atoms with van der Waals surface area (Å²) in [6.07, 6.45) is -4.63. The smallest absolute Gasteiger partial charge is 0.151 e. The first-order chi connectivity index (χ1) is 4.63. The molecule has 0 aliphatic rings. The van der Waals surface area contributed by atoms with Crippen LogP contribution in [0.25, 0.3) is 0 Å². The predicted octanol–water partition coefficient (Wildman–Crippen LogP) is -2.74. The van der Waals surface area contributed by atoms with Crippen molar-refractivity contribution in [2.45, 2.75) is 18.3 Å². The SMILES string of the molecule is O=C[C@H](O)[C@@H](O)[C@@H](O)CO.[Au]. The van der Waals surface area contributed by atoms with Crippen molar-refractivity contribution in [2.24, 2.45) is 0 Å². The molecule has 5 nitrogen and oxygen atoms in total. The van der Waals surface area contributed by atoms with Gasteiger partial charge in [-0.1, -0.05) is 0 Å². The molecule has 0 aliphatic carbocycles. The van der Waals surface area contributed by atoms with E-state index in [2.05, 4.69) is 0 Å². The average Bonchev–Trinajstić information content (AvgIpc) is 2.00. The number of carbonyl (C=O) groups is 1. The minimum absolute atomic E-state index is 0. The molecule has 0 unspecified atom stereocenters. The van der Waals surface area contributed by atoms with Gasteiger partial charge < -0.3 is 25.2 Å². The van der Waals surface area contributed by atoms with Crippen LogP contribution in [0, 0.1) is 0 Å². The van der Waals surface area contributed by atoms with Gasteiger partial charge in [0.1, 0.15) is 18.3 Å². The average molecular weight is 347 g/mol. The summed E-state index contributed by atoms with van der Waals surface area (Å²) in [5.41, 5.74) is 0. The zero-order chi connectivity index (χ0) is 8.15. The van der Waals surface area contributed by atoms with Crippen molar-refractivity contribution in [2.75, 3.05) is 6.61 Å². The zero-order valence-electron chi connectivity index (χ0n) is 5.52. The second-order valence-electron chi connectivity index (χ2n) is 1.87. The van der Waals surface area contributed by atoms with E-state index in [1.54, 1.807) is 0 Å². The van der Waals surface area contributed by atoms with E-state index in [-0.39, 0.29) is 28.7 Å². The number of aliphatic hydroxyl groups is 4. The maximum Gasteiger partial charge on any atom is 0.151 e. The Kier molecular flexibility index (Phi) is 8.70. The molecule has 0 saturated carbocycles. The molecule has 0 aromatic heterocycles. The standard InChI is InChI=1S/C5H10O5.Au/c6-1-3(8)5(10)4(9)2-7;/h1,3-5,7-10H,2H2;/t3-,4-,5+;/m0./s1. The molecule has 0 aromatic carbocycles. The number of aldehydes is 1. The molecule has 0 saturated heterocycles. The van der Waals surface area contributed by atoms with E-state index in [0.29, 0.717) is 0 Å². The van der Waals surface area contributed by atoms with Gasteiger partial charge >= 0.3 is 0 Å². The summed E-state index contributed by atoms with van der Waals surface area (Å²) >= 11 is 0. The number of carbonyl (C=O) groups excluding carboxylic acids is 1. The van der Waals surface area contributed by atoms with Gasteiger partial charge in [-0.15, -0.1) is 0 Å². The van der Waals surface area contributed by atoms with Gasteiger partial charge in [0.2, 0.25) is 0 Å². The Hall–Kier alpha value is 0.250. The Morgan fingerprint density at radius 2 is 1.73 bits per heavy atom. The first-order valence-electron chi connectivity index (χ1n) is 2.73. The summed E-state index contributed by atoms with van der Waals surface area (Å²) in [5, 5.41) is 34.1. The minimum Gasteiger partial charge on any atom is -0.394 e. The second kappa shape index (κ2) is 6.93. The topological polar surface area (TPSA) is 98.0 Å². The fraction of sp³-hybridized carbons (Fsp3) is 0.800. The molecule has 0 rings (SSSR count). The Bertz CT molecular complexity index is 109. The summed E-state index contributed by atoms with van der Waals surface area (Å²) in [4.78, 5) is 9.76. The molecule has 0 spiro atoms. The summed E-state index contributed by atoms with van der Waals surface area (Å²) in [7, 11) is 0. The van der Waals surface area contributed by atoms with Gasteiger partial charge in [0.15, 0.2) is 6.29 Å². The number of hydrogen-bond acceptors (Lipinski definition) is 5. The fourth-order valence-corrected chi connectivity index (χ4v) is 0.416. The molecule has 0 fully saturated rings. The Labute approximate surface area is 79.2 Å². The van der Waals surface area contributed by atoms with Gasteiger partial charge in [-0.2, -0.15) is 0 Å². The molecule has 11 heavy (non-hydrogen) atoms. The predicted molar refractivity (Wildman–Crippen MR) is 31.2 cm³/mol. The van der Waals surface area contributed by atoms with Crippen LogP contribution in [0.15, 0.2) is 0 Å². The third kappa shape index (κ3) is 4.65. The van der Waals surface area contributed by atoms with Crippen LogP contribution in [0.3, 0.4) is 0 Å². The van der Waals surface area contributed by atoms with Crippen molar-refractivity contribution < 1.29 is 47.6 Å². The zero-order valence-corrected chi connectivity index (χ0v) is 7.68. The maximum atomic E-state index is 9.76. The first kappa shape index (κ1) is 13.8. The van der Waals surface area contributed by atoms with Crippen LogP contribution >= 0.6 is 0 Å². The van der Waals surface area contributed by atoms with Gasteiger partial charge in [-0.05, 0) is 0 Å². The first-order valence-corrected chi connectivity index (χ1v) is 2.73. The summed E-state index contributed by atoms with van der Waals surface area (Å²) in [6, 6.07) is 0. The largest absolute Gasteiger partial charge is 0.394 e. The fourth-order valence-electron chi connectivity index (χ4n) is 0.416. The third-order valence-electron chi connectivity index (χ3n) is 1.07. The minimum atomic E-state index is -1.64. The van der Waals surface area contributed by atoms with E-state index in [4.69, 9.17) is 20.4 Å². The normalized spacial score (nSPS) is 17.8. The molecule has 6 heteroatoms. The molecule has 1 radical (unpaired) electrons. The summed E-state index contributed by atoms with van der Waals surface area (Å²) in [6.45, 7) is -0.688. The van der Waals surface area contributed by atoms with Crippen molar-refractivity contribution in [3.8, 4) is 0 Å². The van der Waals surface area contributed by atoms with Gasteiger partial charge in [-0.25, -0.2) is 0 Å². The van der Waals surface area contributed by atoms with Crippen molar-refractivity contribution in [1.29, 1.82) is 0 Å². The van der Waals surface area contributed by atoms with Crippen LogP contribution in [0.4, 0.5) is 0 Å². The molecule has 3 atom stereocenters. The van der Waals surface area contributed by atoms with Gasteiger partial charge in [0, 0.05) is 22.4 Å². The Balaban J connectivity index is 0. The van der Waals surface area contributed by atoms with Crippen LogP contribution in [0.5, 0.6) is 0 Å². The van der Waals surface area contributed by atoms with E-state index in [9.17, 15) is 4.79 Å². The van der Waals surface area contributed by atoms with Crippen molar-refractivity contribution in [3.63, 3.8) is 0 Å². The monoisotopic (exact) mass is 347 g/mol. The summed E-state index contributed by atoms with van der Waals surface area (Å²) in [5.74, 6) is 0. The van der Waals surface area contributed by atoms with E-state index >= 15 is 0 Å². The van der Waals surface area contributed by atoms with Crippen molar-refractivity contribution >= 4 is 6.29 Å². The van der Waals surface area contributed by atoms with Crippen LogP contribution in [-0.4, -0.2) is 51.6 Å². The third-order valence-corrected chi connectivity index (χ3v) is 1.07. The maximum absolute atomic E-state index is 9.76. The summed E-state index contributed by atoms with van der Waals surface area (Å²) < 4.78 is 0. The molecule has 0 amide bonds. The molecule has 4 N–H and O–H groups in total. The quantitative estimate of drug-likeness (QED) is 0.327. The van der Waals surface area contributed by atoms with E-state index in [0.717, 1.165) is 0 Å².